The highest BCUT2D eigenvalue weighted by atomic mass is 16.4. The first kappa shape index (κ1) is 14.8. The maximum Gasteiger partial charge on any atom is 0.305 e. The van der Waals surface area contributed by atoms with Crippen molar-refractivity contribution in [3.8, 4) is 0 Å². The van der Waals surface area contributed by atoms with Crippen LogP contribution in [0.2, 0.25) is 0 Å². The van der Waals surface area contributed by atoms with Gasteiger partial charge in [0.15, 0.2) is 0 Å². The molecule has 0 aromatic carbocycles. The Hall–Kier alpha value is -2.18. The van der Waals surface area contributed by atoms with Crippen molar-refractivity contribution in [1.29, 1.82) is 0 Å². The molecule has 0 radical (unpaired) electrons. The number of nitrogens with zero attached hydrogens (tertiary/aromatic N) is 1. The van der Waals surface area contributed by atoms with Gasteiger partial charge in [-0.25, -0.2) is 0 Å². The van der Waals surface area contributed by atoms with Gasteiger partial charge in [0.2, 0.25) is 0 Å². The molecule has 0 fully saturated rings. The minimum Gasteiger partial charge on any atom is -0.481 e. The van der Waals surface area contributed by atoms with E-state index < -0.39 is 23.8 Å². The zero-order chi connectivity index (χ0) is 13.4. The van der Waals surface area contributed by atoms with Crippen LogP contribution in [0.15, 0.2) is 12.2 Å². The minimum atomic E-state index is -1.03. The first-order valence-corrected chi connectivity index (χ1v) is 4.85. The molecule has 0 atom stereocenters. The van der Waals surface area contributed by atoms with Gasteiger partial charge in [-0.2, -0.15) is 0 Å². The fourth-order valence-electron chi connectivity index (χ4n) is 0.859. The smallest absolute Gasteiger partial charge is 0.305 e. The Morgan fingerprint density at radius 3 is 1.82 bits per heavy atom. The van der Waals surface area contributed by atoms with Crippen LogP contribution in [0, 0.1) is 0 Å². The Bertz CT molecular complexity index is 342. The number of carbonyl (C=O) groups is 4. The molecule has 1 heterocycles. The predicted octanol–water partition coefficient (Wildman–Crippen LogP) is -0.133. The quantitative estimate of drug-likeness (QED) is 0.665. The summed E-state index contributed by atoms with van der Waals surface area (Å²) in [4.78, 5) is 42.0. The van der Waals surface area contributed by atoms with E-state index >= 15 is 0 Å². The van der Waals surface area contributed by atoms with Gasteiger partial charge in [0.25, 0.3) is 11.8 Å². The van der Waals surface area contributed by atoms with Gasteiger partial charge in [-0.1, -0.05) is 6.92 Å². The summed E-state index contributed by atoms with van der Waals surface area (Å²) in [6.45, 7) is 1.54. The second-order valence-corrected chi connectivity index (χ2v) is 3.05. The van der Waals surface area contributed by atoms with Crippen molar-refractivity contribution in [2.75, 3.05) is 6.54 Å². The number of rotatable bonds is 4. The SMILES string of the molecule is CCC(=O)O.O=C(O)CCN1C(=O)C=CC1=O. The van der Waals surface area contributed by atoms with E-state index in [1.165, 1.54) is 0 Å². The number of imide groups is 1. The highest BCUT2D eigenvalue weighted by Crippen LogP contribution is 2.03. The molecule has 0 spiro atoms. The van der Waals surface area contributed by atoms with Crippen LogP contribution < -0.4 is 0 Å². The third-order valence-corrected chi connectivity index (χ3v) is 1.75. The molecule has 2 N–H and O–H groups in total. The molecule has 0 aliphatic carbocycles. The standard InChI is InChI=1S/C7H7NO4.C3H6O2/c9-5-1-2-6(10)8(5)4-3-7(11)12;1-2-3(4)5/h1-2H,3-4H2,(H,11,12);2H2,1H3,(H,4,5). The molecule has 7 heteroatoms. The lowest BCUT2D eigenvalue weighted by atomic mass is 10.4. The Kier molecular flexibility index (Phi) is 6.24. The van der Waals surface area contributed by atoms with E-state index in [1.807, 2.05) is 0 Å². The maximum absolute atomic E-state index is 10.8. The summed E-state index contributed by atoms with van der Waals surface area (Å²) in [5.41, 5.74) is 0. The van der Waals surface area contributed by atoms with Gasteiger partial charge in [0.1, 0.15) is 0 Å². The summed E-state index contributed by atoms with van der Waals surface area (Å²) in [5.74, 6) is -2.66. The van der Waals surface area contributed by atoms with Crippen molar-refractivity contribution in [3.63, 3.8) is 0 Å². The highest BCUT2D eigenvalue weighted by molar-refractivity contribution is 6.12. The van der Waals surface area contributed by atoms with Crippen molar-refractivity contribution >= 4 is 23.8 Å². The van der Waals surface area contributed by atoms with E-state index in [2.05, 4.69) is 0 Å². The largest absolute Gasteiger partial charge is 0.481 e. The number of hydrogen-bond acceptors (Lipinski definition) is 4. The molecular weight excluding hydrogens is 230 g/mol. The molecule has 94 valence electrons. The molecule has 0 aromatic heterocycles. The van der Waals surface area contributed by atoms with Crippen LogP contribution in [-0.4, -0.2) is 45.4 Å². The molecule has 1 aliphatic heterocycles. The minimum absolute atomic E-state index is 0.0556. The van der Waals surface area contributed by atoms with E-state index in [0.29, 0.717) is 0 Å². The first-order chi connectivity index (χ1) is 7.88. The fourth-order valence-corrected chi connectivity index (χ4v) is 0.859. The van der Waals surface area contributed by atoms with Crippen molar-refractivity contribution in [2.24, 2.45) is 0 Å². The monoisotopic (exact) mass is 243 g/mol. The summed E-state index contributed by atoms with van der Waals surface area (Å²) in [7, 11) is 0. The first-order valence-electron chi connectivity index (χ1n) is 4.85. The number of carboxylic acids is 2. The Morgan fingerprint density at radius 2 is 1.53 bits per heavy atom. The molecular formula is C10H13NO6. The van der Waals surface area contributed by atoms with Crippen LogP contribution >= 0.6 is 0 Å². The molecule has 0 bridgehead atoms. The molecule has 0 saturated carbocycles. The van der Waals surface area contributed by atoms with Gasteiger partial charge < -0.3 is 10.2 Å². The molecule has 1 rings (SSSR count). The number of carbonyl (C=O) groups excluding carboxylic acids is 2. The van der Waals surface area contributed by atoms with Gasteiger partial charge in [-0.05, 0) is 0 Å². The molecule has 0 aromatic rings. The summed E-state index contributed by atoms with van der Waals surface area (Å²) in [6.07, 6.45) is 2.27. The number of aliphatic carboxylic acids is 2. The summed E-state index contributed by atoms with van der Waals surface area (Å²) in [6, 6.07) is 0. The van der Waals surface area contributed by atoms with Crippen molar-refractivity contribution in [1.82, 2.24) is 4.90 Å². The van der Waals surface area contributed by atoms with Crippen LogP contribution in [0.1, 0.15) is 19.8 Å². The van der Waals surface area contributed by atoms with E-state index in [4.69, 9.17) is 10.2 Å². The van der Waals surface area contributed by atoms with Crippen molar-refractivity contribution in [3.05, 3.63) is 12.2 Å². The number of hydrogen-bond donors (Lipinski definition) is 2. The van der Waals surface area contributed by atoms with E-state index in [1.54, 1.807) is 6.92 Å². The van der Waals surface area contributed by atoms with Gasteiger partial charge in [-0.3, -0.25) is 24.1 Å². The second-order valence-electron chi connectivity index (χ2n) is 3.05. The topological polar surface area (TPSA) is 112 Å². The molecule has 17 heavy (non-hydrogen) atoms. The fraction of sp³-hybridized carbons (Fsp3) is 0.400. The third-order valence-electron chi connectivity index (χ3n) is 1.75. The number of amides is 2. The third kappa shape index (κ3) is 6.08. The molecule has 7 nitrogen and oxygen atoms in total. The highest BCUT2D eigenvalue weighted by Gasteiger charge is 2.23. The zero-order valence-electron chi connectivity index (χ0n) is 9.25. The molecule has 1 aliphatic rings. The maximum atomic E-state index is 10.8. The Morgan fingerprint density at radius 1 is 1.12 bits per heavy atom. The zero-order valence-corrected chi connectivity index (χ0v) is 9.25. The van der Waals surface area contributed by atoms with Crippen LogP contribution in [-0.2, 0) is 19.2 Å². The molecule has 0 unspecified atom stereocenters. The second kappa shape index (κ2) is 7.15. The molecule has 0 saturated heterocycles. The van der Waals surface area contributed by atoms with Crippen LogP contribution in [0.25, 0.3) is 0 Å². The average Bonchev–Trinajstić information content (AvgIpc) is 2.56. The van der Waals surface area contributed by atoms with Gasteiger partial charge in [-0.15, -0.1) is 0 Å². The van der Waals surface area contributed by atoms with Gasteiger partial charge in [0.05, 0.1) is 6.42 Å². The number of carboxylic acid groups (broad SMARTS) is 2. The van der Waals surface area contributed by atoms with Gasteiger partial charge >= 0.3 is 11.9 Å². The van der Waals surface area contributed by atoms with Gasteiger partial charge in [0, 0.05) is 25.1 Å². The van der Waals surface area contributed by atoms with Crippen LogP contribution in [0.5, 0.6) is 0 Å². The van der Waals surface area contributed by atoms with Crippen molar-refractivity contribution < 1.29 is 29.4 Å². The Balaban J connectivity index is 0.000000437. The summed E-state index contributed by atoms with van der Waals surface area (Å²) >= 11 is 0. The van der Waals surface area contributed by atoms with Crippen LogP contribution in [0.3, 0.4) is 0 Å². The van der Waals surface area contributed by atoms with Crippen molar-refractivity contribution in [2.45, 2.75) is 19.8 Å². The summed E-state index contributed by atoms with van der Waals surface area (Å²) < 4.78 is 0. The lowest BCUT2D eigenvalue weighted by Crippen LogP contribution is -2.31. The predicted molar refractivity (Wildman–Crippen MR) is 56.0 cm³/mol. The van der Waals surface area contributed by atoms with Crippen LogP contribution in [0.4, 0.5) is 0 Å². The summed E-state index contributed by atoms with van der Waals surface area (Å²) in [5, 5.41) is 16.0. The lowest BCUT2D eigenvalue weighted by Gasteiger charge is -2.10. The van der Waals surface area contributed by atoms with E-state index in [0.717, 1.165) is 17.1 Å². The normalized spacial score (nSPS) is 13.4. The lowest BCUT2D eigenvalue weighted by molar-refractivity contribution is -0.140. The Labute approximate surface area is 97.3 Å². The van der Waals surface area contributed by atoms with E-state index in [-0.39, 0.29) is 19.4 Å². The average molecular weight is 243 g/mol. The molecule has 2 amide bonds. The van der Waals surface area contributed by atoms with E-state index in [9.17, 15) is 19.2 Å².